The van der Waals surface area contributed by atoms with Gasteiger partial charge in [0.2, 0.25) is 0 Å². The quantitative estimate of drug-likeness (QED) is 0.133. The zero-order valence-electron chi connectivity index (χ0n) is 23.3. The Morgan fingerprint density at radius 1 is 0.784 bits per heavy atom. The molecule has 37 heavy (non-hydrogen) atoms. The second kappa shape index (κ2) is 24.5. The average Bonchev–Trinajstić information content (AvgIpc) is 3.43. The van der Waals surface area contributed by atoms with E-state index < -0.39 is 18.3 Å². The van der Waals surface area contributed by atoms with Crippen molar-refractivity contribution in [1.29, 1.82) is 0 Å². The Kier molecular flexibility index (Phi) is 21.9. The van der Waals surface area contributed by atoms with E-state index in [0.717, 1.165) is 18.5 Å². The smallest absolute Gasteiger partial charge is 0.407 e. The number of aromatic nitrogens is 1. The number of hydrogen-bond donors (Lipinski definition) is 2. The number of thiazole rings is 1. The van der Waals surface area contributed by atoms with Gasteiger partial charge < -0.3 is 24.8 Å². The van der Waals surface area contributed by atoms with Crippen molar-refractivity contribution in [3.8, 4) is 0 Å². The maximum atomic E-state index is 11.9. The van der Waals surface area contributed by atoms with Gasteiger partial charge in [0.1, 0.15) is 19.3 Å². The summed E-state index contributed by atoms with van der Waals surface area (Å²) < 4.78 is 15.5. The topological polar surface area (TPSA) is 98.8 Å². The van der Waals surface area contributed by atoms with Crippen LogP contribution < -0.4 is 10.6 Å². The number of methoxy groups -OCH3 is 1. The van der Waals surface area contributed by atoms with Crippen molar-refractivity contribution in [2.24, 2.45) is 0 Å². The molecule has 1 aromatic heterocycles. The average molecular weight is 542 g/mol. The van der Waals surface area contributed by atoms with Gasteiger partial charge in [-0.2, -0.15) is 0 Å². The number of carbonyl (C=O) groups is 2. The van der Waals surface area contributed by atoms with Gasteiger partial charge in [-0.15, -0.1) is 11.3 Å². The summed E-state index contributed by atoms with van der Waals surface area (Å²) in [5, 5.41) is 7.23. The molecule has 0 spiro atoms. The van der Waals surface area contributed by atoms with Gasteiger partial charge in [-0.1, -0.05) is 103 Å². The SMILES string of the molecule is CCCCCCCCCCCCCCCCCCNC(=O)OCC(COC(=O)NCc1cscn1)OC. The number of nitrogens with zero attached hydrogens (tertiary/aromatic N) is 1. The van der Waals surface area contributed by atoms with E-state index in [1.54, 1.807) is 5.51 Å². The molecule has 0 bridgehead atoms. The summed E-state index contributed by atoms with van der Waals surface area (Å²) in [7, 11) is 1.49. The lowest BCUT2D eigenvalue weighted by Crippen LogP contribution is -2.33. The summed E-state index contributed by atoms with van der Waals surface area (Å²) in [4.78, 5) is 27.7. The van der Waals surface area contributed by atoms with Crippen LogP contribution in [0.25, 0.3) is 0 Å². The molecule has 1 unspecified atom stereocenters. The molecule has 1 rings (SSSR count). The fraction of sp³-hybridized carbons (Fsp3) is 0.821. The van der Waals surface area contributed by atoms with Gasteiger partial charge in [-0.3, -0.25) is 0 Å². The van der Waals surface area contributed by atoms with Crippen molar-refractivity contribution in [3.63, 3.8) is 0 Å². The molecule has 1 aromatic rings. The highest BCUT2D eigenvalue weighted by Crippen LogP contribution is 2.13. The van der Waals surface area contributed by atoms with E-state index in [1.165, 1.54) is 108 Å². The van der Waals surface area contributed by atoms with Crippen molar-refractivity contribution in [2.75, 3.05) is 26.9 Å². The molecule has 2 amide bonds. The maximum Gasteiger partial charge on any atom is 0.407 e. The normalized spacial score (nSPS) is 11.7. The van der Waals surface area contributed by atoms with Crippen LogP contribution in [0.4, 0.5) is 9.59 Å². The van der Waals surface area contributed by atoms with Crippen LogP contribution in [0.1, 0.15) is 115 Å². The lowest BCUT2D eigenvalue weighted by Gasteiger charge is -2.16. The Morgan fingerprint density at radius 3 is 1.73 bits per heavy atom. The molecule has 0 radical (unpaired) electrons. The summed E-state index contributed by atoms with van der Waals surface area (Å²) >= 11 is 1.46. The van der Waals surface area contributed by atoms with Crippen LogP contribution in [0, 0.1) is 0 Å². The van der Waals surface area contributed by atoms with E-state index >= 15 is 0 Å². The Bertz CT molecular complexity index is 660. The number of unbranched alkanes of at least 4 members (excludes halogenated alkanes) is 15. The lowest BCUT2D eigenvalue weighted by atomic mass is 10.0. The number of nitrogens with one attached hydrogen (secondary N) is 2. The Morgan fingerprint density at radius 2 is 1.27 bits per heavy atom. The minimum Gasteiger partial charge on any atom is -0.447 e. The van der Waals surface area contributed by atoms with Crippen molar-refractivity contribution in [2.45, 2.75) is 122 Å². The van der Waals surface area contributed by atoms with Crippen molar-refractivity contribution in [3.05, 3.63) is 16.6 Å². The van der Waals surface area contributed by atoms with Crippen molar-refractivity contribution in [1.82, 2.24) is 15.6 Å². The van der Waals surface area contributed by atoms with Crippen LogP contribution in [0.2, 0.25) is 0 Å². The number of ether oxygens (including phenoxy) is 3. The Labute approximate surface area is 228 Å². The molecule has 1 atom stereocenters. The Hall–Kier alpha value is -1.87. The van der Waals surface area contributed by atoms with Crippen molar-refractivity contribution >= 4 is 23.5 Å². The van der Waals surface area contributed by atoms with E-state index in [0.29, 0.717) is 13.1 Å². The van der Waals surface area contributed by atoms with Crippen LogP contribution in [0.3, 0.4) is 0 Å². The maximum absolute atomic E-state index is 11.9. The van der Waals surface area contributed by atoms with E-state index in [4.69, 9.17) is 14.2 Å². The predicted molar refractivity (Wildman–Crippen MR) is 150 cm³/mol. The summed E-state index contributed by atoms with van der Waals surface area (Å²) in [5.74, 6) is 0. The molecule has 0 aliphatic rings. The summed E-state index contributed by atoms with van der Waals surface area (Å²) in [6.07, 6.45) is 19.6. The third-order valence-electron chi connectivity index (χ3n) is 6.33. The predicted octanol–water partition coefficient (Wildman–Crippen LogP) is 7.37. The molecule has 8 nitrogen and oxygen atoms in total. The summed E-state index contributed by atoms with van der Waals surface area (Å²) in [5.41, 5.74) is 2.47. The zero-order valence-corrected chi connectivity index (χ0v) is 24.1. The molecule has 2 N–H and O–H groups in total. The number of carbonyl (C=O) groups excluding carboxylic acids is 2. The van der Waals surface area contributed by atoms with E-state index in [1.807, 2.05) is 5.38 Å². The monoisotopic (exact) mass is 541 g/mol. The third-order valence-corrected chi connectivity index (χ3v) is 6.97. The molecule has 0 aromatic carbocycles. The van der Waals surface area contributed by atoms with Crippen LogP contribution in [-0.4, -0.2) is 50.1 Å². The van der Waals surface area contributed by atoms with Crippen LogP contribution in [-0.2, 0) is 20.8 Å². The van der Waals surface area contributed by atoms with Crippen molar-refractivity contribution < 1.29 is 23.8 Å². The molecule has 0 fully saturated rings. The van der Waals surface area contributed by atoms with Gasteiger partial charge in [0, 0.05) is 19.0 Å². The summed E-state index contributed by atoms with van der Waals surface area (Å²) in [6.45, 7) is 3.18. The molecule has 9 heteroatoms. The van der Waals surface area contributed by atoms with E-state index in [9.17, 15) is 9.59 Å². The first-order valence-corrected chi connectivity index (χ1v) is 15.3. The largest absolute Gasteiger partial charge is 0.447 e. The first kappa shape index (κ1) is 33.2. The fourth-order valence-corrected chi connectivity index (χ4v) is 4.53. The van der Waals surface area contributed by atoms with Gasteiger partial charge >= 0.3 is 12.2 Å². The highest BCUT2D eigenvalue weighted by atomic mass is 32.1. The zero-order chi connectivity index (χ0) is 26.8. The first-order chi connectivity index (χ1) is 18.2. The van der Waals surface area contributed by atoms with Gasteiger partial charge in [-0.25, -0.2) is 14.6 Å². The van der Waals surface area contributed by atoms with Crippen LogP contribution in [0.5, 0.6) is 0 Å². The standard InChI is InChI=1S/C28H51N3O5S/c1-3-4-5-6-7-8-9-10-11-12-13-14-15-16-17-18-19-29-27(32)35-21-26(34-2)22-36-28(33)30-20-25-23-37-24-31-25/h23-24,26H,3-22H2,1-2H3,(H,29,32)(H,30,33). The molecule has 1 heterocycles. The lowest BCUT2D eigenvalue weighted by molar-refractivity contribution is -0.00455. The highest BCUT2D eigenvalue weighted by molar-refractivity contribution is 7.07. The minimum atomic E-state index is -0.567. The molecule has 0 saturated carbocycles. The van der Waals surface area contributed by atoms with Gasteiger partial charge in [0.05, 0.1) is 17.7 Å². The molecule has 0 saturated heterocycles. The van der Waals surface area contributed by atoms with Gasteiger partial charge in [0.15, 0.2) is 0 Å². The number of amides is 2. The molecule has 214 valence electrons. The molecule has 0 aliphatic heterocycles. The van der Waals surface area contributed by atoms with Crippen LogP contribution >= 0.6 is 11.3 Å². The summed E-state index contributed by atoms with van der Waals surface area (Å²) in [6, 6.07) is 0. The Balaban J connectivity index is 1.86. The highest BCUT2D eigenvalue weighted by Gasteiger charge is 2.14. The molecular weight excluding hydrogens is 490 g/mol. The third kappa shape index (κ3) is 20.8. The fourth-order valence-electron chi connectivity index (χ4n) is 3.97. The number of rotatable bonds is 24. The minimum absolute atomic E-state index is 0.00813. The van der Waals surface area contributed by atoms with Gasteiger partial charge in [-0.05, 0) is 6.42 Å². The van der Waals surface area contributed by atoms with Crippen LogP contribution in [0.15, 0.2) is 10.9 Å². The van der Waals surface area contributed by atoms with E-state index in [2.05, 4.69) is 22.5 Å². The molecule has 0 aliphatic carbocycles. The first-order valence-electron chi connectivity index (χ1n) is 14.4. The number of alkyl carbamates (subject to hydrolysis) is 2. The second-order valence-electron chi connectivity index (χ2n) is 9.62. The molecular formula is C28H51N3O5S. The second-order valence-corrected chi connectivity index (χ2v) is 10.3. The van der Waals surface area contributed by atoms with Gasteiger partial charge in [0.25, 0.3) is 0 Å². The number of hydrogen-bond acceptors (Lipinski definition) is 7. The van der Waals surface area contributed by atoms with E-state index in [-0.39, 0.29) is 13.2 Å².